The van der Waals surface area contributed by atoms with Crippen LogP contribution in [0.1, 0.15) is 21.3 Å². The molecule has 2 aliphatic heterocycles. The molecular formula is C25H36N5O4S2-. The topological polar surface area (TPSA) is 124 Å². The number of nitrogen functional groups attached to an aromatic ring is 1. The lowest BCUT2D eigenvalue weighted by Gasteiger charge is -2.27. The van der Waals surface area contributed by atoms with Crippen LogP contribution < -0.4 is 20.7 Å². The van der Waals surface area contributed by atoms with E-state index >= 15 is 0 Å². The fourth-order valence-corrected chi connectivity index (χ4v) is 4.53. The lowest BCUT2D eigenvalue weighted by Crippen LogP contribution is -2.42. The Kier molecular flexibility index (Phi) is 11.3. The van der Waals surface area contributed by atoms with Crippen molar-refractivity contribution < 1.29 is 21.1 Å². The summed E-state index contributed by atoms with van der Waals surface area (Å²) >= 11 is -0.756. The summed E-state index contributed by atoms with van der Waals surface area (Å²) in [6, 6.07) is 14.6. The molecule has 2 aliphatic rings. The number of thiazole rings is 1. The molecule has 0 aliphatic carbocycles. The van der Waals surface area contributed by atoms with E-state index in [-0.39, 0.29) is 13.7 Å². The Morgan fingerprint density at radius 3 is 2.47 bits per heavy atom. The Morgan fingerprint density at radius 1 is 1.19 bits per heavy atom. The van der Waals surface area contributed by atoms with Gasteiger partial charge in [-0.25, -0.2) is 4.98 Å². The van der Waals surface area contributed by atoms with Crippen molar-refractivity contribution in [2.75, 3.05) is 50.5 Å². The number of nitrogens with two attached hydrogens (primary N) is 1. The fourth-order valence-electron chi connectivity index (χ4n) is 3.79. The molecular weight excluding hydrogens is 498 g/mol. The Labute approximate surface area is 221 Å². The van der Waals surface area contributed by atoms with E-state index in [1.54, 1.807) is 30.3 Å². The Morgan fingerprint density at radius 2 is 1.94 bits per heavy atom. The van der Waals surface area contributed by atoms with Crippen molar-refractivity contribution in [1.82, 2.24) is 15.2 Å². The molecule has 1 aromatic heterocycles. The molecule has 198 valence electrons. The highest BCUT2D eigenvalue weighted by atomic mass is 32.2. The second-order valence-electron chi connectivity index (χ2n) is 8.13. The van der Waals surface area contributed by atoms with E-state index in [2.05, 4.69) is 33.4 Å². The number of ether oxygens (including phenoxy) is 1. The minimum Gasteiger partial charge on any atom is -0.768 e. The van der Waals surface area contributed by atoms with Crippen LogP contribution >= 0.6 is 11.3 Å². The largest absolute Gasteiger partial charge is 0.768 e. The van der Waals surface area contributed by atoms with Crippen LogP contribution in [0.15, 0.2) is 65.0 Å². The Hall–Kier alpha value is -2.83. The van der Waals surface area contributed by atoms with Crippen LogP contribution in [0.3, 0.4) is 0 Å². The number of methoxy groups -OCH3 is 1. The first-order chi connectivity index (χ1) is 17.5. The van der Waals surface area contributed by atoms with Crippen molar-refractivity contribution in [1.29, 1.82) is 0 Å². The highest BCUT2D eigenvalue weighted by molar-refractivity contribution is 7.79. The number of nitrogens with one attached hydrogen (secondary N) is 1. The van der Waals surface area contributed by atoms with Crippen LogP contribution in [0.25, 0.3) is 0 Å². The molecule has 3 aromatic rings. The monoisotopic (exact) mass is 534 g/mol. The predicted molar refractivity (Wildman–Crippen MR) is 147 cm³/mol. The van der Waals surface area contributed by atoms with Crippen molar-refractivity contribution in [2.45, 2.75) is 24.3 Å². The first-order valence-electron chi connectivity index (χ1n) is 11.7. The number of hydrogen-bond donors (Lipinski definition) is 2. The normalized spacial score (nSPS) is 16.4. The lowest BCUT2D eigenvalue weighted by atomic mass is 10.2. The smallest absolute Gasteiger partial charge is 0.227 e. The zero-order valence-electron chi connectivity index (χ0n) is 20.3. The molecule has 2 aromatic carbocycles. The summed E-state index contributed by atoms with van der Waals surface area (Å²) in [5.41, 5.74) is 7.29. The molecule has 2 fully saturated rings. The van der Waals surface area contributed by atoms with Gasteiger partial charge in [-0.15, -0.1) is 11.3 Å². The number of benzene rings is 2. The Balaban J connectivity index is 0.000000300. The average molecular weight is 535 g/mol. The summed E-state index contributed by atoms with van der Waals surface area (Å²) in [6.45, 7) is 6.22. The van der Waals surface area contributed by atoms with Gasteiger partial charge in [-0.1, -0.05) is 12.1 Å². The van der Waals surface area contributed by atoms with Crippen LogP contribution in [0.5, 0.6) is 5.75 Å². The van der Waals surface area contributed by atoms with Gasteiger partial charge >= 0.3 is 0 Å². The molecule has 0 bridgehead atoms. The second-order valence-corrected chi connectivity index (χ2v) is 9.99. The number of anilines is 2. The molecule has 5 rings (SSSR count). The maximum absolute atomic E-state index is 11.4. The van der Waals surface area contributed by atoms with Crippen molar-refractivity contribution in [3.8, 4) is 5.75 Å². The third-order valence-electron chi connectivity index (χ3n) is 5.62. The highest BCUT2D eigenvalue weighted by Gasteiger charge is 2.21. The number of carbonyl (C=O) groups is 1. The van der Waals surface area contributed by atoms with Crippen molar-refractivity contribution in [3.63, 3.8) is 0 Å². The molecule has 0 saturated carbocycles. The van der Waals surface area contributed by atoms with Crippen molar-refractivity contribution >= 4 is 39.1 Å². The number of nitrogens with zero attached hydrogens (tertiary/aromatic N) is 3. The zero-order valence-corrected chi connectivity index (χ0v) is 21.9. The van der Waals surface area contributed by atoms with Crippen molar-refractivity contribution in [2.24, 2.45) is 0 Å². The molecule has 11 heteroatoms. The van der Waals surface area contributed by atoms with Gasteiger partial charge in [0.2, 0.25) is 5.91 Å². The molecule has 9 nitrogen and oxygen atoms in total. The van der Waals surface area contributed by atoms with E-state index < -0.39 is 11.1 Å². The zero-order chi connectivity index (χ0) is 25.8. The van der Waals surface area contributed by atoms with Gasteiger partial charge in [-0.3, -0.25) is 13.9 Å². The third-order valence-corrected chi connectivity index (χ3v) is 6.88. The number of rotatable bonds is 5. The van der Waals surface area contributed by atoms with E-state index in [0.29, 0.717) is 11.6 Å². The van der Waals surface area contributed by atoms with Crippen molar-refractivity contribution in [3.05, 3.63) is 65.7 Å². The minimum atomic E-state index is -2.20. The van der Waals surface area contributed by atoms with Gasteiger partial charge in [0, 0.05) is 70.7 Å². The summed E-state index contributed by atoms with van der Waals surface area (Å²) in [6.07, 6.45) is 3.13. The molecule has 1 amide bonds. The predicted octanol–water partition coefficient (Wildman–Crippen LogP) is 3.37. The first kappa shape index (κ1) is 27.8. The molecule has 1 unspecified atom stereocenters. The molecule has 3 heterocycles. The number of carbonyl (C=O) groups excluding carboxylic acids is 1. The van der Waals surface area contributed by atoms with E-state index in [1.807, 2.05) is 11.4 Å². The molecule has 0 radical (unpaired) electrons. The van der Waals surface area contributed by atoms with Gasteiger partial charge in [-0.05, 0) is 59.5 Å². The number of piperazine rings is 1. The summed E-state index contributed by atoms with van der Waals surface area (Å²) in [5.74, 6) is 1.05. The van der Waals surface area contributed by atoms with Gasteiger partial charge in [0.1, 0.15) is 5.75 Å². The molecule has 0 spiro atoms. The van der Waals surface area contributed by atoms with Gasteiger partial charge < -0.3 is 25.2 Å². The lowest BCUT2D eigenvalue weighted by molar-refractivity contribution is -0.117. The van der Waals surface area contributed by atoms with Crippen LogP contribution in [0, 0.1) is 0 Å². The number of aromatic nitrogens is 1. The average Bonchev–Trinajstić information content (AvgIpc) is 3.56. The van der Waals surface area contributed by atoms with Gasteiger partial charge in [0.05, 0.1) is 7.11 Å². The maximum Gasteiger partial charge on any atom is 0.227 e. The third kappa shape index (κ3) is 8.99. The van der Waals surface area contributed by atoms with Gasteiger partial charge in [0.25, 0.3) is 0 Å². The maximum atomic E-state index is 11.4. The van der Waals surface area contributed by atoms with Gasteiger partial charge in [0.15, 0.2) is 5.13 Å². The van der Waals surface area contributed by atoms with Crippen LogP contribution in [-0.4, -0.2) is 64.4 Å². The SMILES string of the molecule is COc1cccc(CN2CCNCC2)c1.Nc1nccs1.O=C1CCCN1c1ccc(S(=O)[O-])cc1.[HH].[HH]. The Bertz CT molecular complexity index is 1100. The minimum absolute atomic E-state index is 0. The second kappa shape index (κ2) is 14.7. The molecule has 36 heavy (non-hydrogen) atoms. The van der Waals surface area contributed by atoms with Gasteiger partial charge in [-0.2, -0.15) is 0 Å². The summed E-state index contributed by atoms with van der Waals surface area (Å²) in [4.78, 5) is 19.5. The van der Waals surface area contributed by atoms with Crippen LogP contribution in [-0.2, 0) is 22.4 Å². The fraction of sp³-hybridized carbons (Fsp3) is 0.360. The van der Waals surface area contributed by atoms with E-state index in [1.165, 1.54) is 29.0 Å². The summed E-state index contributed by atoms with van der Waals surface area (Å²) in [7, 11) is 1.71. The highest BCUT2D eigenvalue weighted by Crippen LogP contribution is 2.22. The summed E-state index contributed by atoms with van der Waals surface area (Å²) < 4.78 is 26.4. The van der Waals surface area contributed by atoms with Crippen LogP contribution in [0.4, 0.5) is 10.8 Å². The summed E-state index contributed by atoms with van der Waals surface area (Å²) in [5, 5.41) is 5.83. The molecule has 2 saturated heterocycles. The van der Waals surface area contributed by atoms with E-state index in [0.717, 1.165) is 57.1 Å². The van der Waals surface area contributed by atoms with Crippen LogP contribution in [0.2, 0.25) is 0 Å². The number of amides is 1. The first-order valence-corrected chi connectivity index (χ1v) is 13.6. The standard InChI is InChI=1S/C12H18N2O.C10H11NO3S.C3H4N2S.2H2/c1-15-12-4-2-3-11(9-12)10-14-7-5-13-6-8-14;12-10-2-1-7-11(10)8-3-5-9(6-4-8)15(13)14;4-3-5-1-2-6-3;;/h2-4,9,13H,5-8,10H2,1H3;3-6H,1-2,7H2,(H,13,14);1-2H,(H2,4,5);2*1H/p-1. The van der Waals surface area contributed by atoms with E-state index in [9.17, 15) is 13.6 Å². The molecule has 3 N–H and O–H groups in total. The molecule has 1 atom stereocenters. The quantitative estimate of drug-likeness (QED) is 0.478. The number of hydrogen-bond acceptors (Lipinski definition) is 9. The van der Waals surface area contributed by atoms with E-state index in [4.69, 9.17) is 10.5 Å².